The van der Waals surface area contributed by atoms with Crippen molar-refractivity contribution in [1.29, 1.82) is 0 Å². The Hall–Kier alpha value is -1.89. The van der Waals surface area contributed by atoms with E-state index in [0.717, 1.165) is 25.9 Å². The first kappa shape index (κ1) is 17.9. The zero-order chi connectivity index (χ0) is 18.0. The van der Waals surface area contributed by atoms with Gasteiger partial charge in [0.2, 0.25) is 0 Å². The summed E-state index contributed by atoms with van der Waals surface area (Å²) in [6, 6.07) is 6.45. The van der Waals surface area contributed by atoms with E-state index in [0.29, 0.717) is 24.1 Å². The van der Waals surface area contributed by atoms with E-state index in [2.05, 4.69) is 0 Å². The Morgan fingerprint density at radius 1 is 1.12 bits per heavy atom. The summed E-state index contributed by atoms with van der Waals surface area (Å²) in [6.07, 6.45) is 2.57. The van der Waals surface area contributed by atoms with Gasteiger partial charge < -0.3 is 9.80 Å². The number of carbonyl (C=O) groups excluding carboxylic acids is 2. The fourth-order valence-electron chi connectivity index (χ4n) is 3.61. The molecule has 6 nitrogen and oxygen atoms in total. The highest BCUT2D eigenvalue weighted by atomic mass is 32.2. The topological polar surface area (TPSA) is 74.8 Å². The van der Waals surface area contributed by atoms with E-state index in [4.69, 9.17) is 0 Å². The van der Waals surface area contributed by atoms with Gasteiger partial charge >= 0.3 is 0 Å². The van der Waals surface area contributed by atoms with Gasteiger partial charge in [0, 0.05) is 36.8 Å². The standard InChI is InChI=1S/C18H24N2O4S/c1-2-20(16-9-12-25(23,24)13-16)18(22)15-7-5-14(6-8-15)17(21)19-10-3-4-11-19/h5-8,16H,2-4,9-13H2,1H3. The van der Waals surface area contributed by atoms with Crippen molar-refractivity contribution < 1.29 is 18.0 Å². The second kappa shape index (κ2) is 7.15. The van der Waals surface area contributed by atoms with Crippen molar-refractivity contribution in [3.8, 4) is 0 Å². The average Bonchev–Trinajstić information content (AvgIpc) is 3.25. The number of benzene rings is 1. The molecule has 2 heterocycles. The normalized spacial score (nSPS) is 22.1. The second-order valence-electron chi connectivity index (χ2n) is 6.72. The number of hydrogen-bond donors (Lipinski definition) is 0. The number of sulfone groups is 1. The first-order valence-electron chi connectivity index (χ1n) is 8.82. The second-order valence-corrected chi connectivity index (χ2v) is 8.95. The molecule has 0 radical (unpaired) electrons. The van der Waals surface area contributed by atoms with E-state index in [1.54, 1.807) is 29.2 Å². The molecule has 136 valence electrons. The summed E-state index contributed by atoms with van der Waals surface area (Å²) in [5.74, 6) is 0.0125. The Labute approximate surface area is 148 Å². The minimum Gasteiger partial charge on any atom is -0.339 e. The van der Waals surface area contributed by atoms with Crippen LogP contribution < -0.4 is 0 Å². The molecule has 2 fully saturated rings. The van der Waals surface area contributed by atoms with Gasteiger partial charge in [-0.05, 0) is 50.5 Å². The van der Waals surface area contributed by atoms with Crippen LogP contribution in [-0.2, 0) is 9.84 Å². The molecule has 0 aliphatic carbocycles. The van der Waals surface area contributed by atoms with E-state index in [1.807, 2.05) is 11.8 Å². The van der Waals surface area contributed by atoms with Crippen molar-refractivity contribution in [3.63, 3.8) is 0 Å². The molecule has 1 unspecified atom stereocenters. The molecule has 2 aliphatic heterocycles. The van der Waals surface area contributed by atoms with Gasteiger partial charge in [0.15, 0.2) is 9.84 Å². The molecule has 2 amide bonds. The van der Waals surface area contributed by atoms with Gasteiger partial charge in [0.1, 0.15) is 0 Å². The third-order valence-corrected chi connectivity index (χ3v) is 6.77. The minimum absolute atomic E-state index is 0.00531. The number of nitrogens with zero attached hydrogens (tertiary/aromatic N) is 2. The summed E-state index contributed by atoms with van der Waals surface area (Å²) in [7, 11) is -3.04. The lowest BCUT2D eigenvalue weighted by atomic mass is 10.1. The monoisotopic (exact) mass is 364 g/mol. The lowest BCUT2D eigenvalue weighted by Crippen LogP contribution is -2.41. The molecule has 1 aromatic carbocycles. The van der Waals surface area contributed by atoms with Crippen molar-refractivity contribution in [2.24, 2.45) is 0 Å². The third kappa shape index (κ3) is 3.86. The van der Waals surface area contributed by atoms with Crippen LogP contribution >= 0.6 is 0 Å². The fraction of sp³-hybridized carbons (Fsp3) is 0.556. The lowest BCUT2D eigenvalue weighted by Gasteiger charge is -2.27. The number of amides is 2. The summed E-state index contributed by atoms with van der Waals surface area (Å²) < 4.78 is 23.4. The molecular formula is C18H24N2O4S. The third-order valence-electron chi connectivity index (χ3n) is 5.02. The van der Waals surface area contributed by atoms with Crippen molar-refractivity contribution in [3.05, 3.63) is 35.4 Å². The van der Waals surface area contributed by atoms with Crippen LogP contribution in [0.15, 0.2) is 24.3 Å². The lowest BCUT2D eigenvalue weighted by molar-refractivity contribution is 0.0706. The molecule has 3 rings (SSSR count). The average molecular weight is 364 g/mol. The van der Waals surface area contributed by atoms with Crippen LogP contribution in [0.2, 0.25) is 0 Å². The maximum Gasteiger partial charge on any atom is 0.254 e. The molecule has 0 spiro atoms. The summed E-state index contributed by atoms with van der Waals surface area (Å²) in [4.78, 5) is 28.6. The molecule has 2 saturated heterocycles. The summed E-state index contributed by atoms with van der Waals surface area (Å²) >= 11 is 0. The zero-order valence-electron chi connectivity index (χ0n) is 14.5. The van der Waals surface area contributed by atoms with Gasteiger partial charge in [0.25, 0.3) is 11.8 Å². The number of likely N-dealkylation sites (tertiary alicyclic amines) is 1. The van der Waals surface area contributed by atoms with Crippen LogP contribution in [-0.4, -0.2) is 67.2 Å². The van der Waals surface area contributed by atoms with E-state index in [-0.39, 0.29) is 29.4 Å². The largest absolute Gasteiger partial charge is 0.339 e. The Morgan fingerprint density at radius 2 is 1.72 bits per heavy atom. The molecule has 2 aliphatic rings. The molecule has 0 bridgehead atoms. The molecule has 0 saturated carbocycles. The van der Waals surface area contributed by atoms with Crippen LogP contribution in [0, 0.1) is 0 Å². The molecule has 25 heavy (non-hydrogen) atoms. The highest BCUT2D eigenvalue weighted by molar-refractivity contribution is 7.91. The van der Waals surface area contributed by atoms with Gasteiger partial charge in [-0.15, -0.1) is 0 Å². The maximum atomic E-state index is 12.7. The summed E-state index contributed by atoms with van der Waals surface area (Å²) in [5, 5.41) is 0. The van der Waals surface area contributed by atoms with Crippen LogP contribution in [0.4, 0.5) is 0 Å². The first-order valence-corrected chi connectivity index (χ1v) is 10.6. The Kier molecular flexibility index (Phi) is 5.13. The van der Waals surface area contributed by atoms with Crippen molar-refractivity contribution in [2.45, 2.75) is 32.2 Å². The Balaban J connectivity index is 1.72. The quantitative estimate of drug-likeness (QED) is 0.813. The van der Waals surface area contributed by atoms with Crippen LogP contribution in [0.1, 0.15) is 46.9 Å². The summed E-state index contributed by atoms with van der Waals surface area (Å²) in [5.41, 5.74) is 1.08. The number of carbonyl (C=O) groups is 2. The maximum absolute atomic E-state index is 12.7. The number of hydrogen-bond acceptors (Lipinski definition) is 4. The predicted octanol–water partition coefficient (Wildman–Crippen LogP) is 1.57. The van der Waals surface area contributed by atoms with Gasteiger partial charge in [-0.25, -0.2) is 8.42 Å². The van der Waals surface area contributed by atoms with E-state index >= 15 is 0 Å². The van der Waals surface area contributed by atoms with Crippen LogP contribution in [0.5, 0.6) is 0 Å². The molecular weight excluding hydrogens is 340 g/mol. The highest BCUT2D eigenvalue weighted by Gasteiger charge is 2.34. The predicted molar refractivity (Wildman–Crippen MR) is 95.3 cm³/mol. The number of rotatable bonds is 4. The zero-order valence-corrected chi connectivity index (χ0v) is 15.3. The van der Waals surface area contributed by atoms with Crippen molar-refractivity contribution >= 4 is 21.7 Å². The molecule has 0 N–H and O–H groups in total. The molecule has 7 heteroatoms. The highest BCUT2D eigenvalue weighted by Crippen LogP contribution is 2.20. The smallest absolute Gasteiger partial charge is 0.254 e. The minimum atomic E-state index is -3.04. The van der Waals surface area contributed by atoms with Crippen molar-refractivity contribution in [2.75, 3.05) is 31.1 Å². The first-order chi connectivity index (χ1) is 11.9. The van der Waals surface area contributed by atoms with Gasteiger partial charge in [-0.3, -0.25) is 9.59 Å². The van der Waals surface area contributed by atoms with E-state index in [1.165, 1.54) is 0 Å². The Bertz CT molecular complexity index is 752. The Morgan fingerprint density at radius 3 is 2.24 bits per heavy atom. The van der Waals surface area contributed by atoms with Crippen LogP contribution in [0.3, 0.4) is 0 Å². The SMILES string of the molecule is CCN(C(=O)c1ccc(C(=O)N2CCCC2)cc1)C1CCS(=O)(=O)C1. The van der Waals surface area contributed by atoms with Crippen molar-refractivity contribution in [1.82, 2.24) is 9.80 Å². The van der Waals surface area contributed by atoms with Gasteiger partial charge in [-0.2, -0.15) is 0 Å². The molecule has 1 aromatic rings. The van der Waals surface area contributed by atoms with E-state index < -0.39 is 9.84 Å². The fourth-order valence-corrected chi connectivity index (χ4v) is 5.34. The molecule has 1 atom stereocenters. The van der Waals surface area contributed by atoms with Gasteiger partial charge in [-0.1, -0.05) is 0 Å². The van der Waals surface area contributed by atoms with E-state index in [9.17, 15) is 18.0 Å². The van der Waals surface area contributed by atoms with Crippen LogP contribution in [0.25, 0.3) is 0 Å². The summed E-state index contributed by atoms with van der Waals surface area (Å²) in [6.45, 7) is 3.90. The molecule has 0 aromatic heterocycles. The van der Waals surface area contributed by atoms with Gasteiger partial charge in [0.05, 0.1) is 11.5 Å².